The van der Waals surface area contributed by atoms with Gasteiger partial charge in [-0.1, -0.05) is 12.1 Å². The third kappa shape index (κ3) is 1.61. The number of aryl methyl sites for hydroxylation is 3. The van der Waals surface area contributed by atoms with E-state index in [1.807, 2.05) is 0 Å². The van der Waals surface area contributed by atoms with E-state index in [-0.39, 0.29) is 0 Å². The zero-order chi connectivity index (χ0) is 9.42. The van der Waals surface area contributed by atoms with Gasteiger partial charge in [0.05, 0.1) is 0 Å². The van der Waals surface area contributed by atoms with Crippen LogP contribution in [0.25, 0.3) is 0 Å². The highest BCUT2D eigenvalue weighted by Gasteiger charge is 2.15. The van der Waals surface area contributed by atoms with Crippen LogP contribution < -0.4 is 5.73 Å². The van der Waals surface area contributed by atoms with Crippen LogP contribution in [0.15, 0.2) is 12.1 Å². The Morgan fingerprint density at radius 3 is 2.46 bits per heavy atom. The van der Waals surface area contributed by atoms with Gasteiger partial charge in [-0.15, -0.1) is 0 Å². The highest BCUT2D eigenvalue weighted by atomic mass is 14.6. The summed E-state index contributed by atoms with van der Waals surface area (Å²) in [6.07, 6.45) is 3.38. The van der Waals surface area contributed by atoms with Gasteiger partial charge >= 0.3 is 0 Å². The molecule has 1 aromatic carbocycles. The first-order chi connectivity index (χ1) is 6.16. The monoisotopic (exact) mass is 175 g/mol. The fourth-order valence-electron chi connectivity index (χ4n) is 2.08. The second kappa shape index (κ2) is 3.15. The van der Waals surface area contributed by atoms with Crippen LogP contribution in [-0.2, 0) is 12.8 Å². The van der Waals surface area contributed by atoms with E-state index in [0.717, 1.165) is 19.3 Å². The van der Waals surface area contributed by atoms with Crippen molar-refractivity contribution in [3.05, 3.63) is 34.4 Å². The van der Waals surface area contributed by atoms with Crippen molar-refractivity contribution < 1.29 is 0 Å². The molecule has 1 aliphatic rings. The molecule has 0 heterocycles. The molecule has 0 bridgehead atoms. The summed E-state index contributed by atoms with van der Waals surface area (Å²) in [4.78, 5) is 0. The van der Waals surface area contributed by atoms with Gasteiger partial charge in [-0.25, -0.2) is 0 Å². The highest BCUT2D eigenvalue weighted by Crippen LogP contribution is 2.23. The molecule has 0 saturated heterocycles. The van der Waals surface area contributed by atoms with E-state index in [1.54, 1.807) is 0 Å². The molecule has 2 N–H and O–H groups in total. The molecule has 1 heteroatoms. The summed E-state index contributed by atoms with van der Waals surface area (Å²) >= 11 is 0. The van der Waals surface area contributed by atoms with Crippen molar-refractivity contribution >= 4 is 0 Å². The number of nitrogens with two attached hydrogens (primary N) is 1. The summed E-state index contributed by atoms with van der Waals surface area (Å²) in [5.74, 6) is 0. The maximum atomic E-state index is 5.94. The lowest BCUT2D eigenvalue weighted by atomic mass is 9.86. The van der Waals surface area contributed by atoms with Crippen molar-refractivity contribution in [3.8, 4) is 0 Å². The minimum atomic E-state index is 0.384. The Balaban J connectivity index is 2.43. The van der Waals surface area contributed by atoms with Gasteiger partial charge in [0, 0.05) is 6.04 Å². The molecule has 13 heavy (non-hydrogen) atoms. The van der Waals surface area contributed by atoms with Crippen LogP contribution in [0.1, 0.15) is 28.7 Å². The minimum Gasteiger partial charge on any atom is -0.327 e. The average Bonchev–Trinajstić information content (AvgIpc) is 2.08. The van der Waals surface area contributed by atoms with Gasteiger partial charge in [-0.3, -0.25) is 0 Å². The van der Waals surface area contributed by atoms with E-state index in [1.165, 1.54) is 22.3 Å². The SMILES string of the molecule is Cc1cc2c(cc1C)CC(N)CC2. The van der Waals surface area contributed by atoms with Gasteiger partial charge in [0.15, 0.2) is 0 Å². The third-order valence-electron chi connectivity index (χ3n) is 3.08. The number of fused-ring (bicyclic) bond motifs is 1. The van der Waals surface area contributed by atoms with E-state index in [9.17, 15) is 0 Å². The predicted octanol–water partition coefficient (Wildman–Crippen LogP) is 2.12. The second-order valence-corrected chi connectivity index (χ2v) is 4.21. The molecule has 0 amide bonds. The van der Waals surface area contributed by atoms with E-state index in [4.69, 9.17) is 5.73 Å². The first kappa shape index (κ1) is 8.76. The van der Waals surface area contributed by atoms with Crippen LogP contribution in [0.5, 0.6) is 0 Å². The summed E-state index contributed by atoms with van der Waals surface area (Å²) in [5.41, 5.74) is 11.7. The van der Waals surface area contributed by atoms with E-state index in [2.05, 4.69) is 26.0 Å². The Bertz CT molecular complexity index is 328. The number of rotatable bonds is 0. The Morgan fingerprint density at radius 1 is 1.15 bits per heavy atom. The van der Waals surface area contributed by atoms with E-state index in [0.29, 0.717) is 6.04 Å². The van der Waals surface area contributed by atoms with Gasteiger partial charge in [-0.2, -0.15) is 0 Å². The maximum absolute atomic E-state index is 5.94. The molecule has 0 aromatic heterocycles. The fourth-order valence-corrected chi connectivity index (χ4v) is 2.08. The maximum Gasteiger partial charge on any atom is 0.00825 e. The molecule has 0 saturated carbocycles. The summed E-state index contributed by atoms with van der Waals surface area (Å²) in [5, 5.41) is 0. The van der Waals surface area contributed by atoms with Crippen molar-refractivity contribution in [3.63, 3.8) is 0 Å². The van der Waals surface area contributed by atoms with Gasteiger partial charge < -0.3 is 5.73 Å². The molecule has 0 spiro atoms. The lowest BCUT2D eigenvalue weighted by molar-refractivity contribution is 0.576. The zero-order valence-electron chi connectivity index (χ0n) is 8.43. The normalized spacial score (nSPS) is 21.3. The molecule has 1 unspecified atom stereocenters. The van der Waals surface area contributed by atoms with Crippen LogP contribution in [0.2, 0.25) is 0 Å². The first-order valence-electron chi connectivity index (χ1n) is 5.01. The summed E-state index contributed by atoms with van der Waals surface area (Å²) in [6, 6.07) is 5.02. The molecule has 1 aliphatic carbocycles. The predicted molar refractivity (Wildman–Crippen MR) is 55.9 cm³/mol. The van der Waals surface area contributed by atoms with Crippen molar-refractivity contribution in [1.29, 1.82) is 0 Å². The van der Waals surface area contributed by atoms with Crippen LogP contribution in [0.4, 0.5) is 0 Å². The molecule has 0 radical (unpaired) electrons. The van der Waals surface area contributed by atoms with Crippen molar-refractivity contribution in [2.45, 2.75) is 39.2 Å². The fraction of sp³-hybridized carbons (Fsp3) is 0.500. The molecule has 1 nitrogen and oxygen atoms in total. The standard InChI is InChI=1S/C12H17N/c1-8-5-10-3-4-12(13)7-11(10)6-9(8)2/h5-6,12H,3-4,7,13H2,1-2H3. The van der Waals surface area contributed by atoms with Crippen LogP contribution in [-0.4, -0.2) is 6.04 Å². The Morgan fingerprint density at radius 2 is 1.77 bits per heavy atom. The largest absolute Gasteiger partial charge is 0.327 e. The number of hydrogen-bond donors (Lipinski definition) is 1. The Hall–Kier alpha value is -0.820. The molecule has 70 valence electrons. The van der Waals surface area contributed by atoms with E-state index >= 15 is 0 Å². The van der Waals surface area contributed by atoms with Crippen molar-refractivity contribution in [2.75, 3.05) is 0 Å². The smallest absolute Gasteiger partial charge is 0.00825 e. The topological polar surface area (TPSA) is 26.0 Å². The molecular weight excluding hydrogens is 158 g/mol. The number of benzene rings is 1. The zero-order valence-corrected chi connectivity index (χ0v) is 8.43. The first-order valence-corrected chi connectivity index (χ1v) is 5.01. The van der Waals surface area contributed by atoms with Gasteiger partial charge in [0.2, 0.25) is 0 Å². The van der Waals surface area contributed by atoms with Crippen molar-refractivity contribution in [1.82, 2.24) is 0 Å². The van der Waals surface area contributed by atoms with Crippen LogP contribution in [0.3, 0.4) is 0 Å². The van der Waals surface area contributed by atoms with Gasteiger partial charge in [-0.05, 0) is 55.4 Å². The molecule has 0 aliphatic heterocycles. The summed E-state index contributed by atoms with van der Waals surface area (Å²) in [7, 11) is 0. The third-order valence-corrected chi connectivity index (χ3v) is 3.08. The molecule has 1 aromatic rings. The second-order valence-electron chi connectivity index (χ2n) is 4.21. The molecular formula is C12H17N. The number of hydrogen-bond acceptors (Lipinski definition) is 1. The summed E-state index contributed by atoms with van der Waals surface area (Å²) < 4.78 is 0. The van der Waals surface area contributed by atoms with Gasteiger partial charge in [0.25, 0.3) is 0 Å². The highest BCUT2D eigenvalue weighted by molar-refractivity contribution is 5.39. The lowest BCUT2D eigenvalue weighted by Gasteiger charge is -2.22. The summed E-state index contributed by atoms with van der Waals surface area (Å²) in [6.45, 7) is 4.36. The van der Waals surface area contributed by atoms with Gasteiger partial charge in [0.1, 0.15) is 0 Å². The Labute approximate surface area is 80.0 Å². The van der Waals surface area contributed by atoms with E-state index < -0.39 is 0 Å². The van der Waals surface area contributed by atoms with Crippen LogP contribution >= 0.6 is 0 Å². The molecule has 1 atom stereocenters. The average molecular weight is 175 g/mol. The molecule has 0 fully saturated rings. The Kier molecular flexibility index (Phi) is 2.12. The van der Waals surface area contributed by atoms with Crippen LogP contribution in [0, 0.1) is 13.8 Å². The minimum absolute atomic E-state index is 0.384. The van der Waals surface area contributed by atoms with Crippen molar-refractivity contribution in [2.24, 2.45) is 5.73 Å². The quantitative estimate of drug-likeness (QED) is 0.642. The molecule has 2 rings (SSSR count). The lowest BCUT2D eigenvalue weighted by Crippen LogP contribution is -2.27.